The van der Waals surface area contributed by atoms with Gasteiger partial charge < -0.3 is 0 Å². The Hall–Kier alpha value is -1.94. The van der Waals surface area contributed by atoms with E-state index in [0.717, 1.165) is 10.6 Å². The Morgan fingerprint density at radius 1 is 1.14 bits per heavy atom. The zero-order valence-corrected chi connectivity index (χ0v) is 13.6. The van der Waals surface area contributed by atoms with Crippen molar-refractivity contribution in [3.63, 3.8) is 0 Å². The molecule has 1 aromatic carbocycles. The summed E-state index contributed by atoms with van der Waals surface area (Å²) in [6, 6.07) is 11.6. The third-order valence-electron chi connectivity index (χ3n) is 3.22. The lowest BCUT2D eigenvalue weighted by Gasteiger charge is -2.18. The molecule has 21 heavy (non-hydrogen) atoms. The summed E-state index contributed by atoms with van der Waals surface area (Å²) in [5.41, 5.74) is 5.32. The highest BCUT2D eigenvalue weighted by molar-refractivity contribution is 7.12. The molecular formula is C17H20N2OS. The van der Waals surface area contributed by atoms with E-state index < -0.39 is 0 Å². The topological polar surface area (TPSA) is 41.5 Å². The number of amides is 1. The van der Waals surface area contributed by atoms with Crippen molar-refractivity contribution in [2.45, 2.75) is 33.1 Å². The van der Waals surface area contributed by atoms with Gasteiger partial charge in [-0.05, 0) is 41.5 Å². The lowest BCUT2D eigenvalue weighted by molar-refractivity contribution is 0.0955. The Labute approximate surface area is 129 Å². The fourth-order valence-corrected chi connectivity index (χ4v) is 2.54. The molecule has 110 valence electrons. The van der Waals surface area contributed by atoms with Gasteiger partial charge >= 0.3 is 0 Å². The van der Waals surface area contributed by atoms with Crippen LogP contribution < -0.4 is 5.43 Å². The first-order valence-electron chi connectivity index (χ1n) is 6.87. The lowest BCUT2D eigenvalue weighted by atomic mass is 9.87. The van der Waals surface area contributed by atoms with Gasteiger partial charge in [-0.3, -0.25) is 4.79 Å². The largest absolute Gasteiger partial charge is 0.271 e. The van der Waals surface area contributed by atoms with E-state index in [1.165, 1.54) is 5.56 Å². The van der Waals surface area contributed by atoms with E-state index >= 15 is 0 Å². The Kier molecular flexibility index (Phi) is 4.58. The van der Waals surface area contributed by atoms with Gasteiger partial charge in [0, 0.05) is 10.4 Å². The maximum Gasteiger partial charge on any atom is 0.271 e. The smallest absolute Gasteiger partial charge is 0.267 e. The number of benzene rings is 1. The summed E-state index contributed by atoms with van der Waals surface area (Å²) < 4.78 is 0. The molecule has 0 saturated carbocycles. The zero-order chi connectivity index (χ0) is 15.5. The SMILES string of the molecule is C/C(=N\NC(=O)c1ccc(C(C)(C)C)cc1)c1cccs1. The third kappa shape index (κ3) is 4.02. The van der Waals surface area contributed by atoms with Crippen molar-refractivity contribution in [1.82, 2.24) is 5.43 Å². The van der Waals surface area contributed by atoms with E-state index in [1.54, 1.807) is 11.3 Å². The van der Waals surface area contributed by atoms with Crippen LogP contribution in [-0.2, 0) is 5.41 Å². The molecule has 0 aliphatic heterocycles. The molecule has 1 amide bonds. The Balaban J connectivity index is 2.06. The second-order valence-electron chi connectivity index (χ2n) is 5.94. The maximum atomic E-state index is 12.1. The fraction of sp³-hybridized carbons (Fsp3) is 0.294. The summed E-state index contributed by atoms with van der Waals surface area (Å²) >= 11 is 1.60. The van der Waals surface area contributed by atoms with Crippen LogP contribution in [0.2, 0.25) is 0 Å². The first kappa shape index (κ1) is 15.4. The van der Waals surface area contributed by atoms with Crippen molar-refractivity contribution in [3.8, 4) is 0 Å². The van der Waals surface area contributed by atoms with E-state index in [2.05, 4.69) is 31.3 Å². The predicted octanol–water partition coefficient (Wildman–Crippen LogP) is 4.20. The van der Waals surface area contributed by atoms with Crippen molar-refractivity contribution in [2.75, 3.05) is 0 Å². The monoisotopic (exact) mass is 300 g/mol. The predicted molar refractivity (Wildman–Crippen MR) is 89.1 cm³/mol. The van der Waals surface area contributed by atoms with E-state index in [0.29, 0.717) is 5.56 Å². The molecule has 1 heterocycles. The minimum atomic E-state index is -0.189. The number of rotatable bonds is 3. The molecule has 0 unspecified atom stereocenters. The van der Waals surface area contributed by atoms with Crippen molar-refractivity contribution in [2.24, 2.45) is 5.10 Å². The first-order chi connectivity index (χ1) is 9.88. The fourth-order valence-electron chi connectivity index (χ4n) is 1.86. The number of nitrogens with zero attached hydrogens (tertiary/aromatic N) is 1. The summed E-state index contributed by atoms with van der Waals surface area (Å²) in [5, 5.41) is 6.13. The number of nitrogens with one attached hydrogen (secondary N) is 1. The molecular weight excluding hydrogens is 280 g/mol. The van der Waals surface area contributed by atoms with Gasteiger partial charge in [0.25, 0.3) is 5.91 Å². The quantitative estimate of drug-likeness (QED) is 0.670. The molecule has 3 nitrogen and oxygen atoms in total. The lowest BCUT2D eigenvalue weighted by Crippen LogP contribution is -2.19. The highest BCUT2D eigenvalue weighted by Crippen LogP contribution is 2.22. The molecule has 0 aliphatic carbocycles. The summed E-state index contributed by atoms with van der Waals surface area (Å²) in [6.45, 7) is 8.33. The van der Waals surface area contributed by atoms with Crippen molar-refractivity contribution >= 4 is 23.0 Å². The van der Waals surface area contributed by atoms with Crippen molar-refractivity contribution in [3.05, 3.63) is 57.8 Å². The zero-order valence-electron chi connectivity index (χ0n) is 12.8. The minimum Gasteiger partial charge on any atom is -0.267 e. The average Bonchev–Trinajstić information content (AvgIpc) is 2.98. The number of hydrazone groups is 1. The van der Waals surface area contributed by atoms with E-state index in [4.69, 9.17) is 0 Å². The normalized spacial score (nSPS) is 12.3. The molecule has 1 N–H and O–H groups in total. The number of thiophene rings is 1. The van der Waals surface area contributed by atoms with Gasteiger partial charge in [0.1, 0.15) is 0 Å². The molecule has 0 fully saturated rings. The highest BCUT2D eigenvalue weighted by Gasteiger charge is 2.14. The molecule has 2 rings (SSSR count). The van der Waals surface area contributed by atoms with Crippen LogP contribution in [0.5, 0.6) is 0 Å². The minimum absolute atomic E-state index is 0.0862. The van der Waals surface area contributed by atoms with Crippen molar-refractivity contribution in [1.29, 1.82) is 0 Å². The van der Waals surface area contributed by atoms with Crippen LogP contribution in [0.25, 0.3) is 0 Å². The van der Waals surface area contributed by atoms with Crippen LogP contribution in [0.3, 0.4) is 0 Å². The molecule has 0 aliphatic rings. The second-order valence-corrected chi connectivity index (χ2v) is 6.89. The summed E-state index contributed by atoms with van der Waals surface area (Å²) in [5.74, 6) is -0.189. The Morgan fingerprint density at radius 2 is 1.81 bits per heavy atom. The second kappa shape index (κ2) is 6.22. The molecule has 0 bridgehead atoms. The molecule has 0 spiro atoms. The molecule has 1 aromatic heterocycles. The number of carbonyl (C=O) groups excluding carboxylic acids is 1. The van der Waals surface area contributed by atoms with E-state index in [9.17, 15) is 4.79 Å². The molecule has 0 radical (unpaired) electrons. The van der Waals surface area contributed by atoms with E-state index in [1.807, 2.05) is 48.7 Å². The third-order valence-corrected chi connectivity index (χ3v) is 4.19. The first-order valence-corrected chi connectivity index (χ1v) is 7.75. The number of hydrogen-bond acceptors (Lipinski definition) is 3. The number of hydrogen-bond donors (Lipinski definition) is 1. The van der Waals surface area contributed by atoms with Gasteiger partial charge in [-0.2, -0.15) is 5.10 Å². The maximum absolute atomic E-state index is 12.1. The summed E-state index contributed by atoms with van der Waals surface area (Å²) in [6.07, 6.45) is 0. The summed E-state index contributed by atoms with van der Waals surface area (Å²) in [7, 11) is 0. The van der Waals surface area contributed by atoms with Crippen LogP contribution in [0, 0.1) is 0 Å². The van der Waals surface area contributed by atoms with Gasteiger partial charge in [0.05, 0.1) is 5.71 Å². The van der Waals surface area contributed by atoms with Crippen LogP contribution in [0.1, 0.15) is 48.5 Å². The van der Waals surface area contributed by atoms with Crippen LogP contribution in [0.4, 0.5) is 0 Å². The van der Waals surface area contributed by atoms with Gasteiger partial charge in [0.2, 0.25) is 0 Å². The molecule has 0 atom stereocenters. The van der Waals surface area contributed by atoms with E-state index in [-0.39, 0.29) is 11.3 Å². The summed E-state index contributed by atoms with van der Waals surface area (Å²) in [4.78, 5) is 13.1. The number of carbonyl (C=O) groups is 1. The Bertz CT molecular complexity index is 634. The van der Waals surface area contributed by atoms with Gasteiger partial charge in [-0.1, -0.05) is 39.0 Å². The molecule has 0 saturated heterocycles. The standard InChI is InChI=1S/C17H20N2OS/c1-12(15-6-5-11-21-15)18-19-16(20)13-7-9-14(10-8-13)17(2,3)4/h5-11H,1-4H3,(H,19,20)/b18-12+. The highest BCUT2D eigenvalue weighted by atomic mass is 32.1. The van der Waals surface area contributed by atoms with Gasteiger partial charge in [-0.15, -0.1) is 11.3 Å². The molecule has 2 aromatic rings. The molecule has 4 heteroatoms. The van der Waals surface area contributed by atoms with Crippen LogP contribution >= 0.6 is 11.3 Å². The van der Waals surface area contributed by atoms with Crippen LogP contribution in [0.15, 0.2) is 46.9 Å². The van der Waals surface area contributed by atoms with Gasteiger partial charge in [-0.25, -0.2) is 5.43 Å². The van der Waals surface area contributed by atoms with Crippen LogP contribution in [-0.4, -0.2) is 11.6 Å². The van der Waals surface area contributed by atoms with Gasteiger partial charge in [0.15, 0.2) is 0 Å². The Morgan fingerprint density at radius 3 is 2.33 bits per heavy atom. The van der Waals surface area contributed by atoms with Crippen molar-refractivity contribution < 1.29 is 4.79 Å². The average molecular weight is 300 g/mol.